The number of benzene rings is 1. The van der Waals surface area contributed by atoms with Crippen LogP contribution in [0, 0.1) is 13.8 Å². The highest BCUT2D eigenvalue weighted by Gasteiger charge is 2.23. The van der Waals surface area contributed by atoms with Gasteiger partial charge in [-0.15, -0.1) is 0 Å². The Bertz CT molecular complexity index is 415. The lowest BCUT2D eigenvalue weighted by molar-refractivity contribution is -0.142. The van der Waals surface area contributed by atoms with Crippen molar-refractivity contribution in [2.45, 2.75) is 39.8 Å². The first-order valence-electron chi connectivity index (χ1n) is 5.86. The van der Waals surface area contributed by atoms with Gasteiger partial charge in [-0.05, 0) is 45.9 Å². The SMILES string of the molecule is Cc1ccc(C)c(C(C)N(C)C(C)C(=O)O)c1. The molecule has 94 valence electrons. The van der Waals surface area contributed by atoms with E-state index in [1.54, 1.807) is 6.92 Å². The van der Waals surface area contributed by atoms with Gasteiger partial charge in [-0.25, -0.2) is 0 Å². The van der Waals surface area contributed by atoms with Crippen LogP contribution in [0.1, 0.15) is 36.6 Å². The van der Waals surface area contributed by atoms with Gasteiger partial charge in [0.25, 0.3) is 0 Å². The lowest BCUT2D eigenvalue weighted by Gasteiger charge is -2.29. The van der Waals surface area contributed by atoms with E-state index in [9.17, 15) is 4.79 Å². The summed E-state index contributed by atoms with van der Waals surface area (Å²) >= 11 is 0. The number of hydrogen-bond acceptors (Lipinski definition) is 2. The van der Waals surface area contributed by atoms with Crippen LogP contribution in [0.25, 0.3) is 0 Å². The van der Waals surface area contributed by atoms with E-state index in [1.165, 1.54) is 16.7 Å². The van der Waals surface area contributed by atoms with Gasteiger partial charge in [0.05, 0.1) is 0 Å². The van der Waals surface area contributed by atoms with Crippen LogP contribution in [0.2, 0.25) is 0 Å². The van der Waals surface area contributed by atoms with Gasteiger partial charge in [0.1, 0.15) is 6.04 Å². The molecule has 0 fully saturated rings. The van der Waals surface area contributed by atoms with Crippen molar-refractivity contribution in [1.29, 1.82) is 0 Å². The number of carbonyl (C=O) groups is 1. The fourth-order valence-electron chi connectivity index (χ4n) is 1.94. The molecule has 0 aliphatic carbocycles. The third-order valence-electron chi connectivity index (χ3n) is 3.46. The molecule has 1 aromatic carbocycles. The van der Waals surface area contributed by atoms with E-state index < -0.39 is 12.0 Å². The molecule has 1 aromatic rings. The molecule has 0 amide bonds. The van der Waals surface area contributed by atoms with Crippen molar-refractivity contribution in [2.24, 2.45) is 0 Å². The summed E-state index contributed by atoms with van der Waals surface area (Å²) < 4.78 is 0. The third-order valence-corrected chi connectivity index (χ3v) is 3.46. The summed E-state index contributed by atoms with van der Waals surface area (Å²) in [6.45, 7) is 7.87. The van der Waals surface area contributed by atoms with Gasteiger partial charge in [0, 0.05) is 6.04 Å². The van der Waals surface area contributed by atoms with Gasteiger partial charge < -0.3 is 5.11 Å². The largest absolute Gasteiger partial charge is 0.480 e. The summed E-state index contributed by atoms with van der Waals surface area (Å²) in [4.78, 5) is 12.9. The topological polar surface area (TPSA) is 40.5 Å². The molecule has 0 aliphatic heterocycles. The summed E-state index contributed by atoms with van der Waals surface area (Å²) in [6.07, 6.45) is 0. The van der Waals surface area contributed by atoms with Crippen molar-refractivity contribution in [3.05, 3.63) is 34.9 Å². The van der Waals surface area contributed by atoms with Crippen LogP contribution in [0.3, 0.4) is 0 Å². The van der Waals surface area contributed by atoms with Gasteiger partial charge in [0.15, 0.2) is 0 Å². The summed E-state index contributed by atoms with van der Waals surface area (Å²) in [5.41, 5.74) is 3.60. The van der Waals surface area contributed by atoms with Crippen LogP contribution in [0.15, 0.2) is 18.2 Å². The van der Waals surface area contributed by atoms with Crippen LogP contribution in [0.5, 0.6) is 0 Å². The Kier molecular flexibility index (Phi) is 4.29. The van der Waals surface area contributed by atoms with Crippen LogP contribution < -0.4 is 0 Å². The van der Waals surface area contributed by atoms with Crippen molar-refractivity contribution < 1.29 is 9.90 Å². The summed E-state index contributed by atoms with van der Waals surface area (Å²) in [7, 11) is 1.85. The first-order chi connectivity index (χ1) is 7.84. The third kappa shape index (κ3) is 3.07. The molecule has 1 rings (SSSR count). The van der Waals surface area contributed by atoms with Gasteiger partial charge >= 0.3 is 5.97 Å². The molecule has 0 heterocycles. The van der Waals surface area contributed by atoms with Crippen LogP contribution in [-0.2, 0) is 4.79 Å². The highest BCUT2D eigenvalue weighted by molar-refractivity contribution is 5.72. The maximum Gasteiger partial charge on any atom is 0.320 e. The van der Waals surface area contributed by atoms with Gasteiger partial charge in [0.2, 0.25) is 0 Å². The molecule has 0 spiro atoms. The number of hydrogen-bond donors (Lipinski definition) is 1. The number of carboxylic acids is 1. The molecule has 1 N–H and O–H groups in total. The quantitative estimate of drug-likeness (QED) is 0.872. The van der Waals surface area contributed by atoms with Crippen molar-refractivity contribution in [3.8, 4) is 0 Å². The van der Waals surface area contributed by atoms with E-state index in [-0.39, 0.29) is 6.04 Å². The molecule has 0 saturated heterocycles. The second kappa shape index (κ2) is 5.32. The number of carboxylic acid groups (broad SMARTS) is 1. The fraction of sp³-hybridized carbons (Fsp3) is 0.500. The van der Waals surface area contributed by atoms with Crippen molar-refractivity contribution in [1.82, 2.24) is 4.90 Å². The second-order valence-electron chi connectivity index (χ2n) is 4.72. The lowest BCUT2D eigenvalue weighted by atomic mass is 9.98. The molecular formula is C14H21NO2. The standard InChI is InChI=1S/C14H21NO2/c1-9-6-7-10(2)13(8-9)11(3)15(5)12(4)14(16)17/h6-8,11-12H,1-5H3,(H,16,17). The molecule has 0 saturated carbocycles. The minimum atomic E-state index is -0.787. The van der Waals surface area contributed by atoms with E-state index in [0.29, 0.717) is 0 Å². The minimum absolute atomic E-state index is 0.0981. The molecule has 0 aromatic heterocycles. The van der Waals surface area contributed by atoms with Crippen molar-refractivity contribution in [3.63, 3.8) is 0 Å². The highest BCUT2D eigenvalue weighted by Crippen LogP contribution is 2.24. The summed E-state index contributed by atoms with van der Waals surface area (Å²) in [5.74, 6) is -0.787. The first-order valence-corrected chi connectivity index (χ1v) is 5.86. The Hall–Kier alpha value is -1.35. The Morgan fingerprint density at radius 1 is 1.29 bits per heavy atom. The zero-order valence-corrected chi connectivity index (χ0v) is 11.2. The normalized spacial score (nSPS) is 14.7. The molecule has 0 aliphatic rings. The van der Waals surface area contributed by atoms with E-state index in [1.807, 2.05) is 18.9 Å². The maximum absolute atomic E-state index is 11.0. The average Bonchev–Trinajstić information content (AvgIpc) is 2.29. The predicted octanol–water partition coefficient (Wildman–Crippen LogP) is 2.77. The lowest BCUT2D eigenvalue weighted by Crippen LogP contribution is -2.37. The Labute approximate surface area is 103 Å². The van der Waals surface area contributed by atoms with E-state index in [4.69, 9.17) is 5.11 Å². The molecule has 2 atom stereocenters. The van der Waals surface area contributed by atoms with E-state index >= 15 is 0 Å². The fourth-order valence-corrected chi connectivity index (χ4v) is 1.94. The smallest absolute Gasteiger partial charge is 0.320 e. The zero-order valence-electron chi connectivity index (χ0n) is 11.2. The number of nitrogens with zero attached hydrogens (tertiary/aromatic N) is 1. The Morgan fingerprint density at radius 2 is 1.88 bits per heavy atom. The molecule has 0 bridgehead atoms. The van der Waals surface area contributed by atoms with E-state index in [0.717, 1.165) is 0 Å². The highest BCUT2D eigenvalue weighted by atomic mass is 16.4. The van der Waals surface area contributed by atoms with Gasteiger partial charge in [-0.2, -0.15) is 0 Å². The van der Waals surface area contributed by atoms with E-state index in [2.05, 4.69) is 32.0 Å². The molecule has 2 unspecified atom stereocenters. The number of aryl methyl sites for hydroxylation is 2. The van der Waals surface area contributed by atoms with Gasteiger partial charge in [-0.1, -0.05) is 23.8 Å². The molecule has 17 heavy (non-hydrogen) atoms. The molecule has 3 nitrogen and oxygen atoms in total. The maximum atomic E-state index is 11.0. The molecular weight excluding hydrogens is 214 g/mol. The van der Waals surface area contributed by atoms with Crippen LogP contribution in [0.4, 0.5) is 0 Å². The number of likely N-dealkylation sites (N-methyl/N-ethyl adjacent to an activating group) is 1. The van der Waals surface area contributed by atoms with Gasteiger partial charge in [-0.3, -0.25) is 9.69 Å². The van der Waals surface area contributed by atoms with Crippen LogP contribution >= 0.6 is 0 Å². The predicted molar refractivity (Wildman–Crippen MR) is 69.2 cm³/mol. The zero-order chi connectivity index (χ0) is 13.2. The molecule has 3 heteroatoms. The number of rotatable bonds is 4. The average molecular weight is 235 g/mol. The summed E-state index contributed by atoms with van der Waals surface area (Å²) in [6, 6.07) is 5.91. The van der Waals surface area contributed by atoms with Crippen molar-refractivity contribution in [2.75, 3.05) is 7.05 Å². The first kappa shape index (κ1) is 13.7. The summed E-state index contributed by atoms with van der Waals surface area (Å²) in [5, 5.41) is 9.03. The minimum Gasteiger partial charge on any atom is -0.480 e. The second-order valence-corrected chi connectivity index (χ2v) is 4.72. The van der Waals surface area contributed by atoms with Crippen LogP contribution in [-0.4, -0.2) is 29.1 Å². The van der Waals surface area contributed by atoms with Crippen molar-refractivity contribution >= 4 is 5.97 Å². The Morgan fingerprint density at radius 3 is 2.41 bits per heavy atom. The number of aliphatic carboxylic acids is 1. The molecule has 0 radical (unpaired) electrons. The Balaban J connectivity index is 2.99. The monoisotopic (exact) mass is 235 g/mol.